The van der Waals surface area contributed by atoms with Crippen molar-refractivity contribution < 1.29 is 17.9 Å². The van der Waals surface area contributed by atoms with Crippen LogP contribution in [0.15, 0.2) is 76.0 Å². The number of sulfonamides is 1. The molecule has 0 saturated carbocycles. The van der Waals surface area contributed by atoms with Gasteiger partial charge < -0.3 is 4.74 Å². The van der Waals surface area contributed by atoms with E-state index in [2.05, 4.69) is 15.2 Å². The second kappa shape index (κ2) is 8.68. The van der Waals surface area contributed by atoms with Crippen molar-refractivity contribution in [1.29, 1.82) is 0 Å². The van der Waals surface area contributed by atoms with Crippen molar-refractivity contribution in [2.75, 3.05) is 11.8 Å². The normalized spacial score (nSPS) is 11.3. The molecule has 1 aromatic heterocycles. The Balaban J connectivity index is 1.72. The van der Waals surface area contributed by atoms with Crippen LogP contribution in [-0.4, -0.2) is 27.6 Å². The summed E-state index contributed by atoms with van der Waals surface area (Å²) in [5, 5.41) is 5.77. The van der Waals surface area contributed by atoms with Gasteiger partial charge in [-0.3, -0.25) is 9.52 Å². The van der Waals surface area contributed by atoms with Crippen molar-refractivity contribution in [3.05, 3.63) is 76.5 Å². The van der Waals surface area contributed by atoms with E-state index in [4.69, 9.17) is 4.74 Å². The summed E-state index contributed by atoms with van der Waals surface area (Å²) in [7, 11) is -2.32. The Morgan fingerprint density at radius 1 is 1.11 bits per heavy atom. The second-order valence-electron chi connectivity index (χ2n) is 5.58. The van der Waals surface area contributed by atoms with Crippen molar-refractivity contribution in [1.82, 2.24) is 5.43 Å². The lowest BCUT2D eigenvalue weighted by atomic mass is 10.2. The minimum absolute atomic E-state index is 0.0294. The first kappa shape index (κ1) is 19.6. The van der Waals surface area contributed by atoms with Crippen LogP contribution >= 0.6 is 11.3 Å². The van der Waals surface area contributed by atoms with Gasteiger partial charge >= 0.3 is 0 Å². The van der Waals surface area contributed by atoms with E-state index in [9.17, 15) is 13.2 Å². The molecule has 2 aromatic carbocycles. The molecule has 144 valence electrons. The summed E-state index contributed by atoms with van der Waals surface area (Å²) in [5.41, 5.74) is 2.95. The Morgan fingerprint density at radius 3 is 2.57 bits per heavy atom. The smallest absolute Gasteiger partial charge is 0.271 e. The van der Waals surface area contributed by atoms with Gasteiger partial charge in [-0.15, -0.1) is 11.3 Å². The Hall–Kier alpha value is -3.17. The van der Waals surface area contributed by atoms with Crippen LogP contribution in [0.2, 0.25) is 0 Å². The van der Waals surface area contributed by atoms with Crippen LogP contribution in [0.4, 0.5) is 5.69 Å². The summed E-state index contributed by atoms with van der Waals surface area (Å²) in [6, 6.07) is 15.9. The molecule has 0 unspecified atom stereocenters. The fraction of sp³-hybridized carbons (Fsp3) is 0.0526. The molecule has 28 heavy (non-hydrogen) atoms. The molecule has 0 fully saturated rings. The Labute approximate surface area is 166 Å². The van der Waals surface area contributed by atoms with Crippen molar-refractivity contribution >= 4 is 39.2 Å². The van der Waals surface area contributed by atoms with E-state index in [0.717, 1.165) is 4.88 Å². The summed E-state index contributed by atoms with van der Waals surface area (Å²) in [5.74, 6) is 0.110. The van der Waals surface area contributed by atoms with Crippen LogP contribution in [0.5, 0.6) is 5.75 Å². The topological polar surface area (TPSA) is 96.9 Å². The molecule has 0 bridgehead atoms. The van der Waals surface area contributed by atoms with Crippen molar-refractivity contribution in [3.8, 4) is 5.75 Å². The maximum atomic E-state index is 12.6. The lowest BCUT2D eigenvalue weighted by Gasteiger charge is -2.09. The van der Waals surface area contributed by atoms with Crippen molar-refractivity contribution in [2.45, 2.75) is 4.90 Å². The molecule has 0 radical (unpaired) electrons. The van der Waals surface area contributed by atoms with E-state index >= 15 is 0 Å². The summed E-state index contributed by atoms with van der Waals surface area (Å²) < 4.78 is 32.7. The standard InChI is InChI=1S/C19H17N3O4S2/c1-26-16-9-7-15(8-10-16)22-28(24,25)18-6-2-4-14(12-18)19(23)21-20-13-17-5-3-11-27-17/h2-13,22H,1H3,(H,21,23)/b20-13-. The molecule has 2 N–H and O–H groups in total. The molecule has 0 saturated heterocycles. The molecule has 1 amide bonds. The lowest BCUT2D eigenvalue weighted by molar-refractivity contribution is 0.0955. The molecule has 0 aliphatic rings. The highest BCUT2D eigenvalue weighted by molar-refractivity contribution is 7.92. The zero-order valence-corrected chi connectivity index (χ0v) is 16.5. The van der Waals surface area contributed by atoms with Crippen LogP contribution in [0.3, 0.4) is 0 Å². The number of hydrogen-bond donors (Lipinski definition) is 2. The molecule has 3 rings (SSSR count). The number of thiophene rings is 1. The average Bonchev–Trinajstić information content (AvgIpc) is 3.22. The monoisotopic (exact) mass is 415 g/mol. The predicted molar refractivity (Wildman–Crippen MR) is 110 cm³/mol. The zero-order chi connectivity index (χ0) is 20.0. The Kier molecular flexibility index (Phi) is 6.07. The van der Waals surface area contributed by atoms with Gasteiger partial charge in [-0.25, -0.2) is 13.8 Å². The number of nitrogens with zero attached hydrogens (tertiary/aromatic N) is 1. The number of methoxy groups -OCH3 is 1. The Bertz CT molecular complexity index is 1080. The molecular weight excluding hydrogens is 398 g/mol. The third kappa shape index (κ3) is 4.96. The highest BCUT2D eigenvalue weighted by atomic mass is 32.2. The van der Waals surface area contributed by atoms with Gasteiger partial charge in [0.25, 0.3) is 15.9 Å². The van der Waals surface area contributed by atoms with E-state index in [1.165, 1.54) is 48.9 Å². The van der Waals surface area contributed by atoms with Gasteiger partial charge in [0.1, 0.15) is 5.75 Å². The number of nitrogens with one attached hydrogen (secondary N) is 2. The van der Waals surface area contributed by atoms with Gasteiger partial charge in [0.05, 0.1) is 18.2 Å². The van der Waals surface area contributed by atoms with Crippen LogP contribution < -0.4 is 14.9 Å². The quantitative estimate of drug-likeness (QED) is 0.457. The molecule has 3 aromatic rings. The van der Waals surface area contributed by atoms with Crippen molar-refractivity contribution in [2.24, 2.45) is 5.10 Å². The number of hydrazone groups is 1. The Morgan fingerprint density at radius 2 is 1.89 bits per heavy atom. The molecular formula is C19H17N3O4S2. The lowest BCUT2D eigenvalue weighted by Crippen LogP contribution is -2.19. The molecule has 0 atom stereocenters. The van der Waals surface area contributed by atoms with E-state index in [0.29, 0.717) is 11.4 Å². The third-order valence-corrected chi connectivity index (χ3v) is 5.84. The number of amides is 1. The van der Waals surface area contributed by atoms with Gasteiger partial charge in [0, 0.05) is 16.1 Å². The first-order valence-electron chi connectivity index (χ1n) is 8.12. The van der Waals surface area contributed by atoms with E-state index in [1.807, 2.05) is 17.5 Å². The highest BCUT2D eigenvalue weighted by Gasteiger charge is 2.16. The summed E-state index contributed by atoms with van der Waals surface area (Å²) in [6.45, 7) is 0. The first-order valence-corrected chi connectivity index (χ1v) is 10.5. The molecule has 9 heteroatoms. The minimum atomic E-state index is -3.85. The molecule has 0 aliphatic heterocycles. The van der Waals surface area contributed by atoms with Gasteiger partial charge in [-0.05, 0) is 53.9 Å². The number of anilines is 1. The van der Waals surface area contributed by atoms with Crippen molar-refractivity contribution in [3.63, 3.8) is 0 Å². The number of carbonyl (C=O) groups excluding carboxylic acids is 1. The van der Waals surface area contributed by atoms with Gasteiger partial charge in [0.15, 0.2) is 0 Å². The number of benzene rings is 2. The maximum absolute atomic E-state index is 12.6. The average molecular weight is 415 g/mol. The summed E-state index contributed by atoms with van der Waals surface area (Å²) >= 11 is 1.48. The second-order valence-corrected chi connectivity index (χ2v) is 8.24. The molecule has 0 aliphatic carbocycles. The largest absolute Gasteiger partial charge is 0.497 e. The first-order chi connectivity index (χ1) is 13.5. The van der Waals surface area contributed by atoms with Gasteiger partial charge in [-0.1, -0.05) is 12.1 Å². The van der Waals surface area contributed by atoms with Gasteiger partial charge in [0.2, 0.25) is 0 Å². The fourth-order valence-corrected chi connectivity index (χ4v) is 3.95. The number of carbonyl (C=O) groups is 1. The third-order valence-electron chi connectivity index (χ3n) is 3.65. The minimum Gasteiger partial charge on any atom is -0.497 e. The van der Waals surface area contributed by atoms with Gasteiger partial charge in [-0.2, -0.15) is 5.10 Å². The van der Waals surface area contributed by atoms with Crippen LogP contribution in [0, 0.1) is 0 Å². The maximum Gasteiger partial charge on any atom is 0.271 e. The van der Waals surface area contributed by atoms with Crippen LogP contribution in [0.25, 0.3) is 0 Å². The highest BCUT2D eigenvalue weighted by Crippen LogP contribution is 2.20. The van der Waals surface area contributed by atoms with E-state index < -0.39 is 15.9 Å². The van der Waals surface area contributed by atoms with E-state index in [-0.39, 0.29) is 10.5 Å². The summed E-state index contributed by atoms with van der Waals surface area (Å²) in [6.07, 6.45) is 1.52. The molecule has 7 nitrogen and oxygen atoms in total. The molecule has 1 heterocycles. The number of rotatable bonds is 7. The summed E-state index contributed by atoms with van der Waals surface area (Å²) in [4.78, 5) is 13.1. The van der Waals surface area contributed by atoms with Crippen LogP contribution in [0.1, 0.15) is 15.2 Å². The zero-order valence-electron chi connectivity index (χ0n) is 14.8. The SMILES string of the molecule is COc1ccc(NS(=O)(=O)c2cccc(C(=O)N/N=C\c3cccs3)c2)cc1. The number of hydrogen-bond acceptors (Lipinski definition) is 6. The number of ether oxygens (including phenoxy) is 1. The molecule has 0 spiro atoms. The van der Waals surface area contributed by atoms with E-state index in [1.54, 1.807) is 24.3 Å². The predicted octanol–water partition coefficient (Wildman–Crippen LogP) is 3.32. The van der Waals surface area contributed by atoms with Crippen LogP contribution in [-0.2, 0) is 10.0 Å². The fourth-order valence-electron chi connectivity index (χ4n) is 2.26.